The zero-order valence-corrected chi connectivity index (χ0v) is 16.2. The fourth-order valence-corrected chi connectivity index (χ4v) is 3.36. The quantitative estimate of drug-likeness (QED) is 0.610. The lowest BCUT2D eigenvalue weighted by Gasteiger charge is -2.08. The van der Waals surface area contributed by atoms with E-state index in [1.54, 1.807) is 49.9 Å². The first-order valence-electron chi connectivity index (χ1n) is 8.57. The van der Waals surface area contributed by atoms with Gasteiger partial charge in [0.25, 0.3) is 5.56 Å². The number of pyridine rings is 1. The van der Waals surface area contributed by atoms with Crippen LogP contribution < -0.4 is 15.6 Å². The maximum Gasteiger partial charge on any atom is 0.311 e. The Morgan fingerprint density at radius 2 is 2.11 bits per heavy atom. The van der Waals surface area contributed by atoms with E-state index >= 15 is 0 Å². The van der Waals surface area contributed by atoms with Crippen LogP contribution in [0.5, 0.6) is 5.75 Å². The molecule has 3 rings (SSSR count). The van der Waals surface area contributed by atoms with Gasteiger partial charge >= 0.3 is 5.97 Å². The number of methoxy groups -OCH3 is 1. The zero-order chi connectivity index (χ0) is 20.1. The summed E-state index contributed by atoms with van der Waals surface area (Å²) in [5, 5.41) is 5.93. The summed E-state index contributed by atoms with van der Waals surface area (Å²) in [4.78, 5) is 40.5. The van der Waals surface area contributed by atoms with Crippen molar-refractivity contribution in [3.05, 3.63) is 51.9 Å². The van der Waals surface area contributed by atoms with Crippen molar-refractivity contribution in [2.75, 3.05) is 19.0 Å². The third kappa shape index (κ3) is 4.55. The van der Waals surface area contributed by atoms with Gasteiger partial charge in [0.15, 0.2) is 5.13 Å². The summed E-state index contributed by atoms with van der Waals surface area (Å²) in [5.41, 5.74) is 0.257. The van der Waals surface area contributed by atoms with Crippen LogP contribution in [0.25, 0.3) is 10.8 Å². The third-order valence-corrected chi connectivity index (χ3v) is 4.73. The molecular formula is C19H19N3O5S. The van der Waals surface area contributed by atoms with E-state index in [0.29, 0.717) is 28.6 Å². The highest BCUT2D eigenvalue weighted by Crippen LogP contribution is 2.18. The molecule has 1 N–H and O–H groups in total. The maximum atomic E-state index is 12.6. The molecule has 3 aromatic rings. The number of aromatic nitrogens is 2. The Hall–Kier alpha value is -3.20. The van der Waals surface area contributed by atoms with Crippen molar-refractivity contribution in [3.63, 3.8) is 0 Å². The molecule has 0 saturated carbocycles. The van der Waals surface area contributed by atoms with Crippen molar-refractivity contribution in [2.24, 2.45) is 0 Å². The van der Waals surface area contributed by atoms with Crippen LogP contribution in [-0.4, -0.2) is 35.1 Å². The van der Waals surface area contributed by atoms with Crippen molar-refractivity contribution in [1.82, 2.24) is 9.55 Å². The number of carbonyl (C=O) groups excluding carboxylic acids is 2. The molecule has 0 aliphatic heterocycles. The summed E-state index contributed by atoms with van der Waals surface area (Å²) in [7, 11) is 1.56. The number of nitrogens with zero attached hydrogens (tertiary/aromatic N) is 2. The van der Waals surface area contributed by atoms with Crippen molar-refractivity contribution in [3.8, 4) is 5.75 Å². The largest absolute Gasteiger partial charge is 0.497 e. The number of carbonyl (C=O) groups is 2. The minimum absolute atomic E-state index is 0.0494. The van der Waals surface area contributed by atoms with E-state index in [2.05, 4.69) is 10.3 Å². The number of thiazole rings is 1. The van der Waals surface area contributed by atoms with Gasteiger partial charge in [-0.05, 0) is 36.6 Å². The Kier molecular flexibility index (Phi) is 6.05. The van der Waals surface area contributed by atoms with E-state index in [1.807, 2.05) is 0 Å². The predicted octanol–water partition coefficient (Wildman–Crippen LogP) is 2.21. The molecule has 146 valence electrons. The summed E-state index contributed by atoms with van der Waals surface area (Å²) in [6.07, 6.45) is 1.62. The lowest BCUT2D eigenvalue weighted by molar-refractivity contribution is -0.142. The molecule has 0 fully saturated rings. The van der Waals surface area contributed by atoms with Crippen LogP contribution in [0.2, 0.25) is 0 Å². The summed E-state index contributed by atoms with van der Waals surface area (Å²) in [6, 6.07) is 6.90. The Labute approximate surface area is 164 Å². The maximum absolute atomic E-state index is 12.6. The highest BCUT2D eigenvalue weighted by atomic mass is 32.1. The highest BCUT2D eigenvalue weighted by Gasteiger charge is 2.12. The molecule has 8 nitrogen and oxygen atoms in total. The number of anilines is 1. The van der Waals surface area contributed by atoms with Crippen molar-refractivity contribution in [1.29, 1.82) is 0 Å². The van der Waals surface area contributed by atoms with Crippen LogP contribution in [0.1, 0.15) is 12.6 Å². The first kappa shape index (κ1) is 19.6. The number of esters is 1. The van der Waals surface area contributed by atoms with Crippen LogP contribution >= 0.6 is 11.3 Å². The second-order valence-corrected chi connectivity index (χ2v) is 6.73. The first-order chi connectivity index (χ1) is 13.5. The number of benzene rings is 1. The molecule has 0 atom stereocenters. The summed E-state index contributed by atoms with van der Waals surface area (Å²) < 4.78 is 11.4. The van der Waals surface area contributed by atoms with E-state index < -0.39 is 0 Å². The number of rotatable bonds is 7. The number of fused-ring (bicyclic) bond motifs is 1. The molecule has 0 unspecified atom stereocenters. The van der Waals surface area contributed by atoms with E-state index in [9.17, 15) is 14.4 Å². The number of hydrogen-bond donors (Lipinski definition) is 1. The molecular weight excluding hydrogens is 382 g/mol. The lowest BCUT2D eigenvalue weighted by atomic mass is 10.1. The molecule has 0 radical (unpaired) electrons. The number of amides is 1. The van der Waals surface area contributed by atoms with E-state index in [1.165, 1.54) is 15.9 Å². The molecule has 0 aliphatic rings. The summed E-state index contributed by atoms with van der Waals surface area (Å²) in [5.74, 6) is -0.0956. The van der Waals surface area contributed by atoms with Gasteiger partial charge in [-0.15, -0.1) is 11.3 Å². The molecule has 2 aromatic heterocycles. The number of hydrogen-bond acceptors (Lipinski definition) is 7. The summed E-state index contributed by atoms with van der Waals surface area (Å²) >= 11 is 1.21. The molecule has 0 spiro atoms. The van der Waals surface area contributed by atoms with Crippen molar-refractivity contribution >= 4 is 39.1 Å². The molecule has 0 saturated heterocycles. The lowest BCUT2D eigenvalue weighted by Crippen LogP contribution is -2.27. The standard InChI is InChI=1S/C19H19N3O5S/c1-3-27-17(24)9-13-11-28-19(20-13)21-16(23)10-22-7-6-12-8-14(26-2)4-5-15(12)18(22)25/h4-8,11H,3,9-10H2,1-2H3,(H,20,21,23). The second kappa shape index (κ2) is 8.66. The Morgan fingerprint density at radius 3 is 2.86 bits per heavy atom. The average Bonchev–Trinajstić information content (AvgIpc) is 3.10. The molecule has 1 amide bonds. The van der Waals surface area contributed by atoms with Crippen LogP contribution in [0.15, 0.2) is 40.6 Å². The molecule has 1 aromatic carbocycles. The Morgan fingerprint density at radius 1 is 1.29 bits per heavy atom. The fraction of sp³-hybridized carbons (Fsp3) is 0.263. The fourth-order valence-electron chi connectivity index (χ4n) is 2.64. The average molecular weight is 401 g/mol. The summed E-state index contributed by atoms with van der Waals surface area (Å²) in [6.45, 7) is 1.89. The van der Waals surface area contributed by atoms with Crippen molar-refractivity contribution < 1.29 is 19.1 Å². The minimum Gasteiger partial charge on any atom is -0.497 e. The molecule has 2 heterocycles. The van der Waals surface area contributed by atoms with Gasteiger partial charge in [0, 0.05) is 17.0 Å². The van der Waals surface area contributed by atoms with Gasteiger partial charge in [-0.1, -0.05) is 0 Å². The number of ether oxygens (including phenoxy) is 2. The minimum atomic E-state index is -0.382. The van der Waals surface area contributed by atoms with Gasteiger partial charge in [0.2, 0.25) is 5.91 Å². The molecule has 0 aliphatic carbocycles. The smallest absolute Gasteiger partial charge is 0.311 e. The van der Waals surface area contributed by atoms with Crippen molar-refractivity contribution in [2.45, 2.75) is 19.9 Å². The van der Waals surface area contributed by atoms with Crippen LogP contribution in [0.4, 0.5) is 5.13 Å². The Bertz CT molecular complexity index is 1070. The van der Waals surface area contributed by atoms with Gasteiger partial charge in [-0.25, -0.2) is 4.98 Å². The van der Waals surface area contributed by atoms with Gasteiger partial charge in [0.05, 0.1) is 25.8 Å². The monoisotopic (exact) mass is 401 g/mol. The van der Waals surface area contributed by atoms with E-state index in [4.69, 9.17) is 9.47 Å². The number of nitrogens with one attached hydrogen (secondary N) is 1. The highest BCUT2D eigenvalue weighted by molar-refractivity contribution is 7.13. The topological polar surface area (TPSA) is 99.5 Å². The second-order valence-electron chi connectivity index (χ2n) is 5.88. The van der Waals surface area contributed by atoms with Gasteiger partial charge < -0.3 is 19.4 Å². The van der Waals surface area contributed by atoms with E-state index in [0.717, 1.165) is 5.39 Å². The molecule has 0 bridgehead atoms. The van der Waals surface area contributed by atoms with E-state index in [-0.39, 0.29) is 30.4 Å². The molecule has 9 heteroatoms. The third-order valence-electron chi connectivity index (χ3n) is 3.93. The van der Waals surface area contributed by atoms with Gasteiger partial charge in [0.1, 0.15) is 12.3 Å². The molecule has 28 heavy (non-hydrogen) atoms. The zero-order valence-electron chi connectivity index (χ0n) is 15.4. The SMILES string of the molecule is CCOC(=O)Cc1csc(NC(=O)Cn2ccc3cc(OC)ccc3c2=O)n1. The van der Waals surface area contributed by atoms with Gasteiger partial charge in [-0.2, -0.15) is 0 Å². The van der Waals surface area contributed by atoms with Gasteiger partial charge in [-0.3, -0.25) is 14.4 Å². The van der Waals surface area contributed by atoms with Crippen LogP contribution in [0.3, 0.4) is 0 Å². The normalized spacial score (nSPS) is 10.6. The Balaban J connectivity index is 1.68. The first-order valence-corrected chi connectivity index (χ1v) is 9.45. The predicted molar refractivity (Wildman–Crippen MR) is 106 cm³/mol. The van der Waals surface area contributed by atoms with Crippen LogP contribution in [-0.2, 0) is 27.3 Å². The van der Waals surface area contributed by atoms with Crippen LogP contribution in [0, 0.1) is 0 Å².